The molecule has 1 nitrogen and oxygen atoms in total. The van der Waals surface area contributed by atoms with Crippen LogP contribution in [0.1, 0.15) is 99.3 Å². The summed E-state index contributed by atoms with van der Waals surface area (Å²) in [4.78, 5) is 0. The van der Waals surface area contributed by atoms with Gasteiger partial charge in [-0.3, -0.25) is 0 Å². The molecule has 0 aromatic heterocycles. The number of rotatable bonds is 4. The smallest absolute Gasteiger partial charge is 0.0578 e. The number of aliphatic hydroxyl groups is 1. The molecular weight excluding hydrogens is 352 g/mol. The summed E-state index contributed by atoms with van der Waals surface area (Å²) in [5.74, 6) is 3.16. The summed E-state index contributed by atoms with van der Waals surface area (Å²) < 4.78 is 0. The summed E-state index contributed by atoms with van der Waals surface area (Å²) in [7, 11) is 0. The van der Waals surface area contributed by atoms with Crippen molar-refractivity contribution >= 4 is 0 Å². The second kappa shape index (κ2) is 9.13. The standard InChI is InChI=1S/C26H40O.C2H6/c1-18(2)7-5-6-8-19-10-12-23-22-11-9-20-17-21(27)13-15-26(20,4)24(22)14-16-25(19,23)3;1-2/h5-6,9,11,18-19,21,23-24,27H,7-8,10,12-17H2,1-4H3;1-2H3/b6-5+;/t19-,21?,23?,24?,25?,26?;/m0./s1. The van der Waals surface area contributed by atoms with Gasteiger partial charge in [-0.25, -0.2) is 0 Å². The van der Waals surface area contributed by atoms with Crippen LogP contribution in [0.5, 0.6) is 0 Å². The lowest BCUT2D eigenvalue weighted by Crippen LogP contribution is -2.45. The molecule has 0 aliphatic heterocycles. The van der Waals surface area contributed by atoms with Gasteiger partial charge in [0, 0.05) is 0 Å². The first-order chi connectivity index (χ1) is 13.8. The molecule has 0 amide bonds. The Morgan fingerprint density at radius 3 is 2.48 bits per heavy atom. The SMILES string of the molecule is CC.CC(C)C/C=C/C[C@H]1CCC2C3=CC=C4CC(O)CCC4(C)C3CCC21C. The first-order valence-corrected chi connectivity index (χ1v) is 12.6. The monoisotopic (exact) mass is 398 g/mol. The minimum Gasteiger partial charge on any atom is -0.393 e. The van der Waals surface area contributed by atoms with Crippen LogP contribution in [0, 0.1) is 34.5 Å². The molecule has 5 unspecified atom stereocenters. The van der Waals surface area contributed by atoms with Gasteiger partial charge in [0.15, 0.2) is 0 Å². The van der Waals surface area contributed by atoms with E-state index in [1.54, 1.807) is 5.57 Å². The van der Waals surface area contributed by atoms with E-state index in [9.17, 15) is 5.11 Å². The zero-order chi connectivity index (χ0) is 21.2. The second-order valence-electron chi connectivity index (χ2n) is 10.9. The van der Waals surface area contributed by atoms with Crippen molar-refractivity contribution in [3.63, 3.8) is 0 Å². The lowest BCUT2D eigenvalue weighted by molar-refractivity contribution is 0.0453. The predicted molar refractivity (Wildman–Crippen MR) is 126 cm³/mol. The fourth-order valence-electron chi connectivity index (χ4n) is 7.11. The first-order valence-electron chi connectivity index (χ1n) is 12.6. The van der Waals surface area contributed by atoms with Crippen molar-refractivity contribution in [2.75, 3.05) is 0 Å². The summed E-state index contributed by atoms with van der Waals surface area (Å²) in [6, 6.07) is 0. The Morgan fingerprint density at radius 1 is 1.00 bits per heavy atom. The molecule has 0 aromatic rings. The van der Waals surface area contributed by atoms with Crippen molar-refractivity contribution in [1.29, 1.82) is 0 Å². The Morgan fingerprint density at radius 2 is 1.76 bits per heavy atom. The van der Waals surface area contributed by atoms with E-state index in [1.165, 1.54) is 50.5 Å². The molecule has 0 aromatic carbocycles. The highest BCUT2D eigenvalue weighted by atomic mass is 16.3. The van der Waals surface area contributed by atoms with Crippen LogP contribution in [0.3, 0.4) is 0 Å². The summed E-state index contributed by atoms with van der Waals surface area (Å²) in [5.41, 5.74) is 4.13. The van der Waals surface area contributed by atoms with Crippen molar-refractivity contribution in [2.24, 2.45) is 34.5 Å². The van der Waals surface area contributed by atoms with Gasteiger partial charge in [0.1, 0.15) is 0 Å². The van der Waals surface area contributed by atoms with Gasteiger partial charge in [0.2, 0.25) is 0 Å². The van der Waals surface area contributed by atoms with E-state index in [0.717, 1.165) is 36.5 Å². The normalized spacial score (nSPS) is 41.1. The number of hydrogen-bond acceptors (Lipinski definition) is 1. The molecule has 4 rings (SSSR count). The maximum absolute atomic E-state index is 10.2. The van der Waals surface area contributed by atoms with Crippen molar-refractivity contribution in [3.8, 4) is 0 Å². The molecule has 4 aliphatic rings. The Labute approximate surface area is 180 Å². The molecule has 0 bridgehead atoms. The third-order valence-electron chi connectivity index (χ3n) is 8.94. The molecule has 3 fully saturated rings. The largest absolute Gasteiger partial charge is 0.393 e. The van der Waals surface area contributed by atoms with Crippen LogP contribution in [-0.4, -0.2) is 11.2 Å². The average Bonchev–Trinajstić information content (AvgIpc) is 3.03. The van der Waals surface area contributed by atoms with Crippen LogP contribution < -0.4 is 0 Å². The fraction of sp³-hybridized carbons (Fsp3) is 0.786. The Balaban J connectivity index is 0.00000117. The highest BCUT2D eigenvalue weighted by Gasteiger charge is 2.55. The molecular formula is C28H46O. The van der Waals surface area contributed by atoms with Crippen LogP contribution in [0.25, 0.3) is 0 Å². The van der Waals surface area contributed by atoms with Gasteiger partial charge in [0.05, 0.1) is 6.10 Å². The Hall–Kier alpha value is -0.820. The lowest BCUT2D eigenvalue weighted by Gasteiger charge is -2.54. The molecule has 6 atom stereocenters. The number of aliphatic hydroxyl groups excluding tert-OH is 1. The number of fused-ring (bicyclic) bond motifs is 5. The highest BCUT2D eigenvalue weighted by Crippen LogP contribution is 2.65. The van der Waals surface area contributed by atoms with E-state index < -0.39 is 0 Å². The Bertz CT molecular complexity index is 653. The van der Waals surface area contributed by atoms with Crippen molar-refractivity contribution in [3.05, 3.63) is 35.5 Å². The maximum Gasteiger partial charge on any atom is 0.0578 e. The minimum atomic E-state index is -0.110. The third-order valence-corrected chi connectivity index (χ3v) is 8.94. The molecule has 0 saturated heterocycles. The van der Waals surface area contributed by atoms with Crippen LogP contribution in [0.2, 0.25) is 0 Å². The highest BCUT2D eigenvalue weighted by molar-refractivity contribution is 5.38. The molecule has 1 heteroatoms. The molecule has 1 N–H and O–H groups in total. The summed E-state index contributed by atoms with van der Waals surface area (Å²) in [6.07, 6.45) is 20.8. The summed E-state index contributed by atoms with van der Waals surface area (Å²) in [5, 5.41) is 10.2. The number of hydrogen-bond donors (Lipinski definition) is 1. The van der Waals surface area contributed by atoms with Crippen molar-refractivity contribution in [2.45, 2.75) is 105 Å². The second-order valence-corrected chi connectivity index (χ2v) is 10.9. The minimum absolute atomic E-state index is 0.110. The topological polar surface area (TPSA) is 20.2 Å². The van der Waals surface area contributed by atoms with Gasteiger partial charge in [-0.15, -0.1) is 0 Å². The van der Waals surface area contributed by atoms with E-state index in [4.69, 9.17) is 0 Å². The summed E-state index contributed by atoms with van der Waals surface area (Å²) in [6.45, 7) is 13.7. The van der Waals surface area contributed by atoms with Gasteiger partial charge in [-0.2, -0.15) is 0 Å². The van der Waals surface area contributed by atoms with Gasteiger partial charge < -0.3 is 5.11 Å². The molecule has 0 heterocycles. The third kappa shape index (κ3) is 4.18. The molecule has 164 valence electrons. The lowest BCUT2D eigenvalue weighted by atomic mass is 9.50. The molecule has 0 spiro atoms. The molecule has 4 aliphatic carbocycles. The fourth-order valence-corrected chi connectivity index (χ4v) is 7.11. The van der Waals surface area contributed by atoms with E-state index >= 15 is 0 Å². The van der Waals surface area contributed by atoms with Gasteiger partial charge in [0.25, 0.3) is 0 Å². The van der Waals surface area contributed by atoms with Gasteiger partial charge in [-0.05, 0) is 92.3 Å². The van der Waals surface area contributed by atoms with Crippen LogP contribution >= 0.6 is 0 Å². The quantitative estimate of drug-likeness (QED) is 0.478. The average molecular weight is 399 g/mol. The summed E-state index contributed by atoms with van der Waals surface area (Å²) >= 11 is 0. The van der Waals surface area contributed by atoms with Crippen LogP contribution in [-0.2, 0) is 0 Å². The van der Waals surface area contributed by atoms with E-state index in [1.807, 2.05) is 13.8 Å². The molecule has 29 heavy (non-hydrogen) atoms. The van der Waals surface area contributed by atoms with E-state index in [2.05, 4.69) is 52.0 Å². The maximum atomic E-state index is 10.2. The molecule has 3 saturated carbocycles. The van der Waals surface area contributed by atoms with Crippen LogP contribution in [0.4, 0.5) is 0 Å². The van der Waals surface area contributed by atoms with Crippen molar-refractivity contribution in [1.82, 2.24) is 0 Å². The predicted octanol–water partition coefficient (Wildman–Crippen LogP) is 7.87. The Kier molecular flexibility index (Phi) is 7.19. The number of allylic oxidation sites excluding steroid dienone is 5. The van der Waals surface area contributed by atoms with E-state index in [-0.39, 0.29) is 6.10 Å². The van der Waals surface area contributed by atoms with Crippen molar-refractivity contribution < 1.29 is 5.11 Å². The molecule has 0 radical (unpaired) electrons. The van der Waals surface area contributed by atoms with Gasteiger partial charge >= 0.3 is 0 Å². The van der Waals surface area contributed by atoms with E-state index in [0.29, 0.717) is 10.8 Å². The zero-order valence-corrected chi connectivity index (χ0v) is 20.0. The van der Waals surface area contributed by atoms with Gasteiger partial charge in [-0.1, -0.05) is 77.0 Å². The first kappa shape index (κ1) is 22.9. The van der Waals surface area contributed by atoms with Crippen LogP contribution in [0.15, 0.2) is 35.5 Å². The zero-order valence-electron chi connectivity index (χ0n) is 20.0.